The van der Waals surface area contributed by atoms with Crippen LogP contribution in [0.2, 0.25) is 0 Å². The molecule has 1 aromatic heterocycles. The molecule has 0 aliphatic carbocycles. The van der Waals surface area contributed by atoms with Gasteiger partial charge in [-0.25, -0.2) is 18.1 Å². The molecule has 11 nitrogen and oxygen atoms in total. The van der Waals surface area contributed by atoms with Crippen LogP contribution in [0.5, 0.6) is 5.75 Å². The number of hydrogen-bond acceptors (Lipinski definition) is 9. The van der Waals surface area contributed by atoms with Crippen molar-refractivity contribution in [3.8, 4) is 5.75 Å². The number of aromatic nitrogens is 1. The van der Waals surface area contributed by atoms with Crippen LogP contribution in [0.1, 0.15) is 46.2 Å². The van der Waals surface area contributed by atoms with Crippen LogP contribution in [-0.4, -0.2) is 56.1 Å². The third-order valence-corrected chi connectivity index (χ3v) is 9.80. The average Bonchev–Trinajstić information content (AvgIpc) is 3.48. The lowest BCUT2D eigenvalue weighted by Crippen LogP contribution is -2.48. The summed E-state index contributed by atoms with van der Waals surface area (Å²) >= 11 is 4.66. The number of ether oxygens (including phenoxy) is 1. The van der Waals surface area contributed by atoms with E-state index in [1.807, 2.05) is 24.3 Å². The topological polar surface area (TPSA) is 182 Å². The van der Waals surface area contributed by atoms with Gasteiger partial charge in [-0.15, -0.1) is 11.3 Å². The van der Waals surface area contributed by atoms with E-state index in [1.165, 1.54) is 18.4 Å². The Balaban J connectivity index is 1.64. The summed E-state index contributed by atoms with van der Waals surface area (Å²) in [6.45, 7) is 5.33. The monoisotopic (exact) mass is 680 g/mol. The van der Waals surface area contributed by atoms with Crippen molar-refractivity contribution < 1.29 is 23.1 Å². The van der Waals surface area contributed by atoms with E-state index >= 15 is 0 Å². The van der Waals surface area contributed by atoms with Gasteiger partial charge < -0.3 is 26.6 Å². The predicted molar refractivity (Wildman–Crippen MR) is 168 cm³/mol. The van der Waals surface area contributed by atoms with Crippen molar-refractivity contribution in [1.82, 2.24) is 15.0 Å². The lowest BCUT2D eigenvalue weighted by Gasteiger charge is -2.24. The van der Waals surface area contributed by atoms with E-state index in [2.05, 4.69) is 35.9 Å². The number of rotatable bonds is 13. The fourth-order valence-corrected chi connectivity index (χ4v) is 6.93. The summed E-state index contributed by atoms with van der Waals surface area (Å²) in [5.41, 5.74) is 14.8. The van der Waals surface area contributed by atoms with Gasteiger partial charge in [-0.2, -0.15) is 0 Å². The molecule has 3 aromatic rings. The van der Waals surface area contributed by atoms with E-state index in [-0.39, 0.29) is 17.4 Å². The van der Waals surface area contributed by atoms with Gasteiger partial charge >= 0.3 is 0 Å². The highest BCUT2D eigenvalue weighted by Gasteiger charge is 2.27. The van der Waals surface area contributed by atoms with Gasteiger partial charge in [0.05, 0.1) is 24.1 Å². The first-order chi connectivity index (χ1) is 19.8. The maximum absolute atomic E-state index is 13.1. The molecule has 0 aliphatic rings. The number of amides is 1. The predicted octanol–water partition coefficient (Wildman–Crippen LogP) is 3.00. The van der Waals surface area contributed by atoms with Crippen molar-refractivity contribution in [2.75, 3.05) is 13.7 Å². The number of nitrogens with two attached hydrogens (primary N) is 2. The van der Waals surface area contributed by atoms with Crippen molar-refractivity contribution >= 4 is 49.2 Å². The van der Waals surface area contributed by atoms with E-state index < -0.39 is 34.1 Å². The quantitative estimate of drug-likeness (QED) is 0.104. The van der Waals surface area contributed by atoms with Gasteiger partial charge in [0.25, 0.3) is 10.0 Å². The largest absolute Gasteiger partial charge is 0.496 e. The zero-order chi connectivity index (χ0) is 31.0. The van der Waals surface area contributed by atoms with Crippen molar-refractivity contribution in [2.24, 2.45) is 16.5 Å². The van der Waals surface area contributed by atoms with Crippen LogP contribution in [0, 0.1) is 20.8 Å². The second kappa shape index (κ2) is 14.9. The molecule has 0 saturated carbocycles. The van der Waals surface area contributed by atoms with Crippen LogP contribution in [0.4, 0.5) is 0 Å². The van der Waals surface area contributed by atoms with Crippen LogP contribution >= 0.6 is 27.3 Å². The molecule has 42 heavy (non-hydrogen) atoms. The number of aliphatic hydroxyl groups excluding tert-OH is 1. The number of carbonyl (C=O) groups excluding carboxylic acids is 1. The second-order valence-corrected chi connectivity index (χ2v) is 13.3. The van der Waals surface area contributed by atoms with Crippen LogP contribution < -0.4 is 26.2 Å². The second-order valence-electron chi connectivity index (χ2n) is 9.86. The van der Waals surface area contributed by atoms with Crippen molar-refractivity contribution in [3.05, 3.63) is 73.6 Å². The van der Waals surface area contributed by atoms with Crippen LogP contribution in [0.15, 0.2) is 56.3 Å². The minimum atomic E-state index is -4.00. The Morgan fingerprint density at radius 3 is 2.52 bits per heavy atom. The summed E-state index contributed by atoms with van der Waals surface area (Å²) in [6.07, 6.45) is 1.55. The molecule has 0 aliphatic heterocycles. The summed E-state index contributed by atoms with van der Waals surface area (Å²) < 4.78 is 34.8. The first kappa shape index (κ1) is 33.5. The highest BCUT2D eigenvalue weighted by atomic mass is 79.9. The Bertz CT molecular complexity index is 1500. The minimum Gasteiger partial charge on any atom is -0.496 e. The molecule has 3 atom stereocenters. The Morgan fingerprint density at radius 2 is 1.90 bits per heavy atom. The fraction of sp³-hybridized carbons (Fsp3) is 0.393. The zero-order valence-corrected chi connectivity index (χ0v) is 27.1. The molecule has 14 heteroatoms. The van der Waals surface area contributed by atoms with E-state index in [9.17, 15) is 18.3 Å². The summed E-state index contributed by atoms with van der Waals surface area (Å²) in [5.74, 6) is -0.0730. The number of benzene rings is 2. The summed E-state index contributed by atoms with van der Waals surface area (Å²) in [7, 11) is -2.47. The van der Waals surface area contributed by atoms with Gasteiger partial charge in [-0.3, -0.25) is 9.79 Å². The third-order valence-electron chi connectivity index (χ3n) is 6.78. The molecule has 1 unspecified atom stereocenters. The van der Waals surface area contributed by atoms with Crippen molar-refractivity contribution in [1.29, 1.82) is 0 Å². The van der Waals surface area contributed by atoms with Gasteiger partial charge in [0, 0.05) is 22.6 Å². The minimum absolute atomic E-state index is 0.118. The molecule has 7 N–H and O–H groups in total. The van der Waals surface area contributed by atoms with Gasteiger partial charge in [0.2, 0.25) is 11.9 Å². The Morgan fingerprint density at radius 1 is 1.21 bits per heavy atom. The normalized spacial score (nSPS) is 14.2. The molecule has 0 fully saturated rings. The number of halogens is 1. The highest BCUT2D eigenvalue weighted by Crippen LogP contribution is 2.30. The molecule has 228 valence electrons. The fourth-order valence-electron chi connectivity index (χ4n) is 4.50. The molecular formula is C28H37BrN6O5S2. The van der Waals surface area contributed by atoms with Gasteiger partial charge in [0.1, 0.15) is 16.9 Å². The standard InChI is InChI=1S/C28H37BrN6O5S2/c1-16-14-23(40-4)17(2)18(3)25(16)42(38,39)35-28(31)33-11-5-6-22(24(36)27-32-12-13-41-27)34-26(37)21(30)15-19-7-9-20(29)10-8-19/h7-10,12-14,21-22,24,36H,5-6,11,15,30H2,1-4H3,(H,34,37)(H3,31,33,35)/t21-,22-,24?/m0/s1. The van der Waals surface area contributed by atoms with Gasteiger partial charge in [-0.1, -0.05) is 28.1 Å². The van der Waals surface area contributed by atoms with Gasteiger partial charge in [-0.05, 0) is 80.5 Å². The molecule has 0 bridgehead atoms. The van der Waals surface area contributed by atoms with Crippen LogP contribution in [0.3, 0.4) is 0 Å². The molecule has 1 heterocycles. The number of thiazole rings is 1. The van der Waals surface area contributed by atoms with E-state index in [0.717, 1.165) is 10.0 Å². The number of carbonyl (C=O) groups is 1. The van der Waals surface area contributed by atoms with Gasteiger partial charge in [0.15, 0.2) is 0 Å². The SMILES string of the molecule is COc1cc(C)c(S(=O)(=O)NC(N)=NCCC[C@H](NC(=O)[C@@H](N)Cc2ccc(Br)cc2)C(O)c2nccs2)c(C)c1C. The van der Waals surface area contributed by atoms with E-state index in [4.69, 9.17) is 16.2 Å². The van der Waals surface area contributed by atoms with Crippen molar-refractivity contribution in [3.63, 3.8) is 0 Å². The number of methoxy groups -OCH3 is 1. The molecule has 2 aromatic carbocycles. The zero-order valence-electron chi connectivity index (χ0n) is 23.9. The van der Waals surface area contributed by atoms with Crippen LogP contribution in [0.25, 0.3) is 0 Å². The summed E-state index contributed by atoms with van der Waals surface area (Å²) in [6, 6.07) is 7.66. The van der Waals surface area contributed by atoms with E-state index in [1.54, 1.807) is 38.4 Å². The third kappa shape index (κ3) is 8.74. The number of guanidine groups is 1. The van der Waals surface area contributed by atoms with Crippen molar-refractivity contribution in [2.45, 2.75) is 63.1 Å². The van der Waals surface area contributed by atoms with E-state index in [0.29, 0.717) is 46.7 Å². The molecule has 0 radical (unpaired) electrons. The number of aliphatic imine (C=N–C) groups is 1. The Labute approximate surface area is 259 Å². The molecule has 3 rings (SSSR count). The molecule has 1 amide bonds. The molecule has 0 spiro atoms. The maximum Gasteiger partial charge on any atom is 0.264 e. The maximum atomic E-state index is 13.1. The molecular weight excluding hydrogens is 644 g/mol. The summed E-state index contributed by atoms with van der Waals surface area (Å²) in [4.78, 5) is 21.4. The summed E-state index contributed by atoms with van der Waals surface area (Å²) in [5, 5.41) is 16.0. The lowest BCUT2D eigenvalue weighted by atomic mass is 10.0. The Hall–Kier alpha value is -3.04. The molecule has 0 saturated heterocycles. The first-order valence-corrected chi connectivity index (χ1v) is 16.3. The average molecular weight is 682 g/mol. The lowest BCUT2D eigenvalue weighted by molar-refractivity contribution is -0.124. The Kier molecular flexibility index (Phi) is 11.9. The highest BCUT2D eigenvalue weighted by molar-refractivity contribution is 9.10. The number of hydrogen-bond donors (Lipinski definition) is 5. The first-order valence-electron chi connectivity index (χ1n) is 13.2. The number of aryl methyl sites for hydroxylation is 1. The number of nitrogens with one attached hydrogen (secondary N) is 2. The smallest absolute Gasteiger partial charge is 0.264 e. The number of nitrogens with zero attached hydrogens (tertiary/aromatic N) is 2. The number of aliphatic hydroxyl groups is 1. The number of sulfonamides is 1. The van der Waals surface area contributed by atoms with Crippen LogP contribution in [-0.2, 0) is 21.2 Å².